The lowest BCUT2D eigenvalue weighted by atomic mass is 9.84. The van der Waals surface area contributed by atoms with Crippen LogP contribution in [0.5, 0.6) is 0 Å². The second kappa shape index (κ2) is 8.43. The maximum atomic E-state index is 13.0. The molecule has 9 heteroatoms. The van der Waals surface area contributed by atoms with E-state index in [1.165, 1.54) is 0 Å². The third-order valence-electron chi connectivity index (χ3n) is 7.00. The van der Waals surface area contributed by atoms with Crippen molar-refractivity contribution in [1.82, 2.24) is 19.3 Å². The van der Waals surface area contributed by atoms with E-state index in [0.717, 1.165) is 55.4 Å². The molecule has 0 unspecified atom stereocenters. The summed E-state index contributed by atoms with van der Waals surface area (Å²) < 4.78 is 27.7. The molecule has 4 rings (SSSR count). The Labute approximate surface area is 178 Å². The quantitative estimate of drug-likeness (QED) is 0.722. The number of rotatable bonds is 6. The lowest BCUT2D eigenvalue weighted by Crippen LogP contribution is -2.48. The third kappa shape index (κ3) is 4.33. The summed E-state index contributed by atoms with van der Waals surface area (Å²) in [5.41, 5.74) is 0.523. The first kappa shape index (κ1) is 21.5. The minimum Gasteiger partial charge on any atom is -0.396 e. The number of piperidine rings is 1. The summed E-state index contributed by atoms with van der Waals surface area (Å²) in [6, 6.07) is 2.35. The number of fused-ring (bicyclic) bond motifs is 1. The summed E-state index contributed by atoms with van der Waals surface area (Å²) in [4.78, 5) is 14.1. The summed E-state index contributed by atoms with van der Waals surface area (Å²) in [5.74, 6) is 1.34. The lowest BCUT2D eigenvalue weighted by molar-refractivity contribution is 0.0808. The number of hydrogen-bond acceptors (Lipinski definition) is 6. The second-order valence-electron chi connectivity index (χ2n) is 9.41. The molecule has 2 fully saturated rings. The van der Waals surface area contributed by atoms with Gasteiger partial charge in [-0.15, -0.1) is 0 Å². The molecule has 2 N–H and O–H groups in total. The van der Waals surface area contributed by atoms with Crippen LogP contribution in [-0.2, 0) is 10.0 Å². The molecule has 30 heavy (non-hydrogen) atoms. The van der Waals surface area contributed by atoms with Crippen LogP contribution in [-0.4, -0.2) is 71.3 Å². The van der Waals surface area contributed by atoms with Gasteiger partial charge in [0.2, 0.25) is 10.0 Å². The highest BCUT2D eigenvalue weighted by molar-refractivity contribution is 7.89. The van der Waals surface area contributed by atoms with E-state index >= 15 is 0 Å². The van der Waals surface area contributed by atoms with Crippen LogP contribution in [0.15, 0.2) is 18.6 Å². The second-order valence-corrected chi connectivity index (χ2v) is 11.4. The first-order valence-electron chi connectivity index (χ1n) is 10.9. The molecule has 0 radical (unpaired) electrons. The Balaban J connectivity index is 1.36. The van der Waals surface area contributed by atoms with Gasteiger partial charge in [0.15, 0.2) is 0 Å². The van der Waals surface area contributed by atoms with Gasteiger partial charge in [0.25, 0.3) is 0 Å². The Kier molecular flexibility index (Phi) is 6.05. The summed E-state index contributed by atoms with van der Waals surface area (Å²) in [6.07, 6.45) is 8.89. The predicted molar refractivity (Wildman–Crippen MR) is 118 cm³/mol. The molecule has 1 aliphatic carbocycles. The van der Waals surface area contributed by atoms with E-state index in [2.05, 4.69) is 26.9 Å². The largest absolute Gasteiger partial charge is 0.396 e. The van der Waals surface area contributed by atoms with E-state index in [4.69, 9.17) is 0 Å². The predicted octanol–water partition coefficient (Wildman–Crippen LogP) is 2.38. The molecule has 166 valence electrons. The van der Waals surface area contributed by atoms with E-state index in [1.54, 1.807) is 10.6 Å². The Morgan fingerprint density at radius 1 is 1.30 bits per heavy atom. The van der Waals surface area contributed by atoms with Crippen molar-refractivity contribution in [2.24, 2.45) is 11.3 Å². The highest BCUT2D eigenvalue weighted by atomic mass is 32.2. The molecule has 0 aromatic carbocycles. The van der Waals surface area contributed by atoms with Crippen LogP contribution in [0.3, 0.4) is 0 Å². The number of aliphatic hydroxyl groups excluding tert-OH is 1. The summed E-state index contributed by atoms with van der Waals surface area (Å²) >= 11 is 0. The maximum Gasteiger partial charge on any atom is 0.214 e. The minimum atomic E-state index is -3.29. The monoisotopic (exact) mass is 435 g/mol. The summed E-state index contributed by atoms with van der Waals surface area (Å²) in [5, 5.41) is 10.7. The van der Waals surface area contributed by atoms with Crippen LogP contribution in [0.25, 0.3) is 11.0 Å². The average Bonchev–Trinajstić information content (AvgIpc) is 3.22. The van der Waals surface area contributed by atoms with Gasteiger partial charge in [-0.25, -0.2) is 22.7 Å². The molecular weight excluding hydrogens is 402 g/mol. The van der Waals surface area contributed by atoms with Crippen LogP contribution >= 0.6 is 0 Å². The summed E-state index contributed by atoms with van der Waals surface area (Å²) in [6.45, 7) is 3.03. The zero-order chi connectivity index (χ0) is 21.4. The van der Waals surface area contributed by atoms with Gasteiger partial charge in [-0.3, -0.25) is 0 Å². The van der Waals surface area contributed by atoms with Crippen molar-refractivity contribution in [3.05, 3.63) is 18.6 Å². The van der Waals surface area contributed by atoms with Crippen molar-refractivity contribution >= 4 is 26.9 Å². The Hall–Kier alpha value is -1.71. The van der Waals surface area contributed by atoms with E-state index in [-0.39, 0.29) is 23.7 Å². The van der Waals surface area contributed by atoms with E-state index in [0.29, 0.717) is 19.1 Å². The first-order valence-corrected chi connectivity index (χ1v) is 12.5. The van der Waals surface area contributed by atoms with Crippen LogP contribution in [0.2, 0.25) is 0 Å². The van der Waals surface area contributed by atoms with Crippen molar-refractivity contribution in [2.45, 2.75) is 51.5 Å². The van der Waals surface area contributed by atoms with Crippen molar-refractivity contribution in [1.29, 1.82) is 0 Å². The van der Waals surface area contributed by atoms with E-state index in [1.807, 2.05) is 19.2 Å². The first-order chi connectivity index (χ1) is 14.3. The number of nitrogens with zero attached hydrogens (tertiary/aromatic N) is 4. The summed E-state index contributed by atoms with van der Waals surface area (Å²) in [7, 11) is -1.22. The van der Waals surface area contributed by atoms with Gasteiger partial charge in [-0.2, -0.15) is 0 Å². The highest BCUT2D eigenvalue weighted by Gasteiger charge is 2.37. The van der Waals surface area contributed by atoms with Crippen LogP contribution in [0.4, 0.5) is 5.82 Å². The molecule has 1 aliphatic heterocycles. The van der Waals surface area contributed by atoms with Gasteiger partial charge in [0.1, 0.15) is 17.8 Å². The fourth-order valence-electron chi connectivity index (χ4n) is 5.05. The number of hydrogen-bond donors (Lipinski definition) is 2. The Morgan fingerprint density at radius 3 is 2.80 bits per heavy atom. The average molecular weight is 436 g/mol. The number of anilines is 1. The fourth-order valence-corrected chi connectivity index (χ4v) is 7.10. The topological polar surface area (TPSA) is 102 Å². The molecule has 0 spiro atoms. The fraction of sp³-hybridized carbons (Fsp3) is 0.714. The Morgan fingerprint density at radius 2 is 2.07 bits per heavy atom. The molecule has 8 nitrogen and oxygen atoms in total. The normalized spacial score (nSPS) is 28.6. The molecule has 0 bridgehead atoms. The maximum absolute atomic E-state index is 13.0. The molecule has 0 amide bonds. The van der Waals surface area contributed by atoms with E-state index in [9.17, 15) is 13.5 Å². The van der Waals surface area contributed by atoms with Crippen LogP contribution < -0.4 is 4.90 Å². The number of aromatic nitrogens is 3. The van der Waals surface area contributed by atoms with Crippen molar-refractivity contribution in [2.75, 3.05) is 37.4 Å². The molecule has 3 heterocycles. The van der Waals surface area contributed by atoms with Crippen molar-refractivity contribution in [3.8, 4) is 0 Å². The molecule has 2 aliphatic rings. The lowest BCUT2D eigenvalue weighted by Gasteiger charge is -2.40. The number of aliphatic hydroxyl groups is 1. The van der Waals surface area contributed by atoms with E-state index < -0.39 is 10.0 Å². The molecule has 2 aromatic heterocycles. The standard InChI is InChI=1S/C21H33N5O3S/c1-21(14-27)9-3-11-26(13-21)30(28,29)12-16-4-6-17(7-5-16)25(2)20-18-8-10-22-19(18)23-15-24-20/h8,10,15-17,27H,3-7,9,11-14H2,1-2H3,(H,22,23,24)/t16-,17-,21-/m1/s1. The zero-order valence-electron chi connectivity index (χ0n) is 17.9. The minimum absolute atomic E-state index is 0.0356. The SMILES string of the molecule is CN(c1ncnc2[nH]ccc12)[C@H]1CC[C@H](CS(=O)(=O)N2CCC[C@@](C)(CO)C2)CC1. The number of aromatic amines is 1. The van der Waals surface area contributed by atoms with Gasteiger partial charge < -0.3 is 15.0 Å². The number of nitrogens with one attached hydrogen (secondary N) is 1. The van der Waals surface area contributed by atoms with Gasteiger partial charge in [0.05, 0.1) is 11.1 Å². The number of sulfonamides is 1. The molecule has 1 atom stereocenters. The zero-order valence-corrected chi connectivity index (χ0v) is 18.7. The highest BCUT2D eigenvalue weighted by Crippen LogP contribution is 2.34. The van der Waals surface area contributed by atoms with Gasteiger partial charge in [0, 0.05) is 44.4 Å². The smallest absolute Gasteiger partial charge is 0.214 e. The third-order valence-corrected chi connectivity index (χ3v) is 8.99. The Bertz CT molecular complexity index is 970. The van der Waals surface area contributed by atoms with Crippen molar-refractivity contribution < 1.29 is 13.5 Å². The van der Waals surface area contributed by atoms with Crippen molar-refractivity contribution in [3.63, 3.8) is 0 Å². The van der Waals surface area contributed by atoms with Gasteiger partial charge in [-0.1, -0.05) is 6.92 Å². The van der Waals surface area contributed by atoms with Crippen LogP contribution in [0, 0.1) is 11.3 Å². The molecular formula is C21H33N5O3S. The molecule has 1 saturated heterocycles. The van der Waals surface area contributed by atoms with Gasteiger partial charge in [-0.05, 0) is 50.5 Å². The number of H-pyrrole nitrogens is 1. The molecule has 2 aromatic rings. The molecule has 1 saturated carbocycles. The van der Waals surface area contributed by atoms with Gasteiger partial charge >= 0.3 is 0 Å². The van der Waals surface area contributed by atoms with Crippen LogP contribution in [0.1, 0.15) is 45.4 Å².